The number of rotatable bonds is 11. The molecule has 2 amide bonds. The van der Waals surface area contributed by atoms with Crippen LogP contribution in [0.5, 0.6) is 5.75 Å². The molecule has 0 atom stereocenters. The van der Waals surface area contributed by atoms with E-state index in [2.05, 4.69) is 15.4 Å². The summed E-state index contributed by atoms with van der Waals surface area (Å²) >= 11 is 0. The predicted molar refractivity (Wildman–Crippen MR) is 161 cm³/mol. The average molecular weight is 591 g/mol. The highest BCUT2D eigenvalue weighted by molar-refractivity contribution is 7.92. The Labute approximate surface area is 244 Å². The summed E-state index contributed by atoms with van der Waals surface area (Å²) in [7, 11) is 0.638. The van der Waals surface area contributed by atoms with Crippen molar-refractivity contribution in [2.75, 3.05) is 44.3 Å². The SMILES string of the molecule is COc1ccc(-c2cccc(C(=O)N(C)C)c2)cc1S(=O)(=O)Nc1cccc(NCCNC(=O)c2cccc(F)c2)c1. The van der Waals surface area contributed by atoms with Crippen LogP contribution in [0, 0.1) is 5.82 Å². The summed E-state index contributed by atoms with van der Waals surface area (Å²) in [4.78, 5) is 26.0. The minimum absolute atomic E-state index is 0.0646. The molecule has 4 aromatic rings. The Balaban J connectivity index is 1.46. The molecule has 0 fully saturated rings. The standard InChI is InChI=1S/C31H31FN4O5S/c1-36(2)31(38)24-9-4-7-21(17-24)22-13-14-28(41-3)29(19-22)42(39,40)35-27-12-6-11-26(20-27)33-15-16-34-30(37)23-8-5-10-25(32)18-23/h4-14,17-20,33,35H,15-16H2,1-3H3,(H,34,37). The highest BCUT2D eigenvalue weighted by Crippen LogP contribution is 2.32. The van der Waals surface area contributed by atoms with Crippen LogP contribution < -0.4 is 20.1 Å². The maximum Gasteiger partial charge on any atom is 0.265 e. The lowest BCUT2D eigenvalue weighted by Gasteiger charge is -2.15. The molecule has 0 saturated carbocycles. The van der Waals surface area contributed by atoms with Crippen LogP contribution in [0.3, 0.4) is 0 Å². The molecular weight excluding hydrogens is 559 g/mol. The molecule has 11 heteroatoms. The number of halogens is 1. The number of sulfonamides is 1. The summed E-state index contributed by atoms with van der Waals surface area (Å²) in [6.07, 6.45) is 0. The number of nitrogens with one attached hydrogen (secondary N) is 3. The Morgan fingerprint density at radius 1 is 0.810 bits per heavy atom. The molecule has 0 spiro atoms. The van der Waals surface area contributed by atoms with Crippen molar-refractivity contribution in [2.45, 2.75) is 4.90 Å². The van der Waals surface area contributed by atoms with Gasteiger partial charge in [-0.25, -0.2) is 12.8 Å². The molecule has 42 heavy (non-hydrogen) atoms. The lowest BCUT2D eigenvalue weighted by molar-refractivity contribution is 0.0827. The van der Waals surface area contributed by atoms with Crippen LogP contribution >= 0.6 is 0 Å². The summed E-state index contributed by atoms with van der Waals surface area (Å²) in [6.45, 7) is 0.610. The van der Waals surface area contributed by atoms with Gasteiger partial charge in [-0.15, -0.1) is 0 Å². The molecule has 0 heterocycles. The fourth-order valence-corrected chi connectivity index (χ4v) is 5.42. The number of benzene rings is 4. The molecule has 4 aromatic carbocycles. The van der Waals surface area contributed by atoms with E-state index in [0.717, 1.165) is 6.07 Å². The molecular formula is C31H31FN4O5S. The minimum Gasteiger partial charge on any atom is -0.495 e. The van der Waals surface area contributed by atoms with E-state index in [4.69, 9.17) is 4.74 Å². The molecule has 0 aromatic heterocycles. The van der Waals surface area contributed by atoms with E-state index in [0.29, 0.717) is 34.6 Å². The van der Waals surface area contributed by atoms with Gasteiger partial charge in [-0.05, 0) is 71.8 Å². The number of carbonyl (C=O) groups excluding carboxylic acids is 2. The molecule has 0 aliphatic rings. The number of methoxy groups -OCH3 is 1. The van der Waals surface area contributed by atoms with Gasteiger partial charge in [0, 0.05) is 44.0 Å². The van der Waals surface area contributed by atoms with Gasteiger partial charge in [0.1, 0.15) is 16.5 Å². The Morgan fingerprint density at radius 2 is 1.50 bits per heavy atom. The van der Waals surface area contributed by atoms with Crippen LogP contribution in [0.4, 0.5) is 15.8 Å². The third kappa shape index (κ3) is 7.43. The van der Waals surface area contributed by atoms with Gasteiger partial charge in [-0.3, -0.25) is 14.3 Å². The van der Waals surface area contributed by atoms with E-state index < -0.39 is 21.7 Å². The van der Waals surface area contributed by atoms with Crippen LogP contribution in [0.25, 0.3) is 11.1 Å². The number of nitrogens with zero attached hydrogens (tertiary/aromatic N) is 1. The minimum atomic E-state index is -4.08. The smallest absolute Gasteiger partial charge is 0.265 e. The number of ether oxygens (including phenoxy) is 1. The van der Waals surface area contributed by atoms with Gasteiger partial charge in [0.15, 0.2) is 0 Å². The van der Waals surface area contributed by atoms with Crippen LogP contribution in [-0.4, -0.2) is 59.4 Å². The highest BCUT2D eigenvalue weighted by Gasteiger charge is 2.21. The van der Waals surface area contributed by atoms with Gasteiger partial charge >= 0.3 is 0 Å². The first kappa shape index (κ1) is 30.1. The van der Waals surface area contributed by atoms with Crippen molar-refractivity contribution in [1.29, 1.82) is 0 Å². The maximum absolute atomic E-state index is 13.5. The van der Waals surface area contributed by atoms with Gasteiger partial charge in [0.25, 0.3) is 21.8 Å². The number of hydrogen-bond donors (Lipinski definition) is 3. The van der Waals surface area contributed by atoms with Crippen molar-refractivity contribution in [3.8, 4) is 16.9 Å². The molecule has 0 aliphatic heterocycles. The first-order valence-electron chi connectivity index (χ1n) is 13.0. The summed E-state index contributed by atoms with van der Waals surface area (Å²) in [6, 6.07) is 23.9. The second kappa shape index (κ2) is 13.2. The van der Waals surface area contributed by atoms with Crippen LogP contribution in [-0.2, 0) is 10.0 Å². The lowest BCUT2D eigenvalue weighted by atomic mass is 10.0. The second-order valence-corrected chi connectivity index (χ2v) is 11.2. The summed E-state index contributed by atoms with van der Waals surface area (Å²) < 4.78 is 48.3. The Bertz CT molecular complexity index is 1710. The first-order chi connectivity index (χ1) is 20.1. The number of anilines is 2. The molecule has 0 bridgehead atoms. The molecule has 3 N–H and O–H groups in total. The van der Waals surface area contributed by atoms with E-state index in [1.54, 1.807) is 74.8 Å². The van der Waals surface area contributed by atoms with E-state index >= 15 is 0 Å². The quantitative estimate of drug-likeness (QED) is 0.215. The van der Waals surface area contributed by atoms with Crippen LogP contribution in [0.15, 0.2) is 95.9 Å². The zero-order chi connectivity index (χ0) is 30.3. The third-order valence-corrected chi connectivity index (χ3v) is 7.65. The largest absolute Gasteiger partial charge is 0.495 e. The van der Waals surface area contributed by atoms with Crippen molar-refractivity contribution in [1.82, 2.24) is 10.2 Å². The monoisotopic (exact) mass is 590 g/mol. The second-order valence-electron chi connectivity index (χ2n) is 9.53. The normalized spacial score (nSPS) is 11.0. The zero-order valence-corrected chi connectivity index (χ0v) is 24.2. The summed E-state index contributed by atoms with van der Waals surface area (Å²) in [5, 5.41) is 5.83. The summed E-state index contributed by atoms with van der Waals surface area (Å²) in [5.74, 6) is -0.891. The lowest BCUT2D eigenvalue weighted by Crippen LogP contribution is -2.28. The van der Waals surface area contributed by atoms with Crippen molar-refractivity contribution in [3.63, 3.8) is 0 Å². The molecule has 0 saturated heterocycles. The molecule has 0 aliphatic carbocycles. The average Bonchev–Trinajstić information content (AvgIpc) is 2.98. The zero-order valence-electron chi connectivity index (χ0n) is 23.3. The Morgan fingerprint density at radius 3 is 2.24 bits per heavy atom. The van der Waals surface area contributed by atoms with E-state index in [9.17, 15) is 22.4 Å². The number of hydrogen-bond acceptors (Lipinski definition) is 6. The number of carbonyl (C=O) groups is 2. The van der Waals surface area contributed by atoms with Crippen LogP contribution in [0.2, 0.25) is 0 Å². The Kier molecular flexibility index (Phi) is 9.43. The van der Waals surface area contributed by atoms with Gasteiger partial charge in [-0.1, -0.05) is 30.3 Å². The maximum atomic E-state index is 13.5. The molecule has 0 unspecified atom stereocenters. The van der Waals surface area contributed by atoms with Crippen molar-refractivity contribution >= 4 is 33.2 Å². The van der Waals surface area contributed by atoms with Crippen molar-refractivity contribution < 1.29 is 27.1 Å². The predicted octanol–water partition coefficient (Wildman–Crippen LogP) is 4.85. The molecule has 4 rings (SSSR count). The Hall–Kier alpha value is -4.90. The topological polar surface area (TPSA) is 117 Å². The third-order valence-electron chi connectivity index (χ3n) is 6.24. The van der Waals surface area contributed by atoms with E-state index in [-0.39, 0.29) is 28.7 Å². The van der Waals surface area contributed by atoms with Gasteiger partial charge in [0.05, 0.1) is 12.8 Å². The summed E-state index contributed by atoms with van der Waals surface area (Å²) in [5.41, 5.74) is 2.92. The first-order valence-corrected chi connectivity index (χ1v) is 14.5. The van der Waals surface area contributed by atoms with E-state index in [1.165, 1.54) is 36.3 Å². The van der Waals surface area contributed by atoms with Crippen molar-refractivity contribution in [3.05, 3.63) is 108 Å². The van der Waals surface area contributed by atoms with E-state index in [1.807, 2.05) is 0 Å². The van der Waals surface area contributed by atoms with Gasteiger partial charge < -0.3 is 20.3 Å². The van der Waals surface area contributed by atoms with Gasteiger partial charge in [-0.2, -0.15) is 0 Å². The fraction of sp³-hybridized carbons (Fsp3) is 0.161. The van der Waals surface area contributed by atoms with Crippen molar-refractivity contribution in [2.24, 2.45) is 0 Å². The van der Waals surface area contributed by atoms with Crippen LogP contribution in [0.1, 0.15) is 20.7 Å². The van der Waals surface area contributed by atoms with Gasteiger partial charge in [0.2, 0.25) is 0 Å². The molecule has 218 valence electrons. The fourth-order valence-electron chi connectivity index (χ4n) is 4.17. The molecule has 9 nitrogen and oxygen atoms in total. The molecule has 0 radical (unpaired) electrons. The highest BCUT2D eigenvalue weighted by atomic mass is 32.2. The number of amides is 2.